The number of hydrogen-bond donors (Lipinski definition) is 1. The van der Waals surface area contributed by atoms with Gasteiger partial charge in [0.15, 0.2) is 5.75 Å². The molecule has 0 aliphatic rings. The van der Waals surface area contributed by atoms with Crippen LogP contribution in [0.5, 0.6) is 11.5 Å². The highest BCUT2D eigenvalue weighted by atomic mass is 79.9. The summed E-state index contributed by atoms with van der Waals surface area (Å²) >= 11 is 3.75. The summed E-state index contributed by atoms with van der Waals surface area (Å²) in [5.74, 6) is 1.50. The van der Waals surface area contributed by atoms with Crippen LogP contribution in [0.1, 0.15) is 73.4 Å². The molecule has 0 atom stereocenters. The van der Waals surface area contributed by atoms with Crippen LogP contribution in [0.15, 0.2) is 46.9 Å². The van der Waals surface area contributed by atoms with Crippen LogP contribution in [0.4, 0.5) is 4.79 Å². The quantitative estimate of drug-likeness (QED) is 0.271. The summed E-state index contributed by atoms with van der Waals surface area (Å²) in [6.07, 6.45) is 0.235. The summed E-state index contributed by atoms with van der Waals surface area (Å²) in [5.41, 5.74) is 2.91. The molecule has 0 heterocycles. The predicted molar refractivity (Wildman–Crippen MR) is 155 cm³/mol. The zero-order valence-corrected chi connectivity index (χ0v) is 26.0. The largest absolute Gasteiger partial charge is 0.540 e. The highest BCUT2D eigenvalue weighted by molar-refractivity contribution is 9.10. The molecule has 0 aliphatic heterocycles. The number of halogens is 1. The van der Waals surface area contributed by atoms with Gasteiger partial charge in [0.25, 0.3) is 8.32 Å². The Morgan fingerprint density at radius 3 is 2.06 bits per heavy atom. The molecule has 2 rings (SSSR count). The summed E-state index contributed by atoms with van der Waals surface area (Å²) in [6, 6.07) is 14.3. The number of alkyl carbamates (subject to hydrolysis) is 1. The Balaban J connectivity index is 2.37. The predicted octanol–water partition coefficient (Wildman–Crippen LogP) is 8.65. The number of nitrogens with one attached hydrogen (secondary N) is 1. The fraction of sp³-hybridized carbons (Fsp3) is 0.552. The summed E-state index contributed by atoms with van der Waals surface area (Å²) < 4.78 is 19.7. The average Bonchev–Trinajstić information content (AvgIpc) is 2.75. The number of ether oxygens (including phenoxy) is 2. The molecule has 7 heteroatoms. The minimum Gasteiger partial charge on any atom is -0.540 e. The van der Waals surface area contributed by atoms with Crippen molar-refractivity contribution < 1.29 is 18.7 Å². The number of rotatable bonds is 11. The Bertz CT molecular complexity index is 965. The van der Waals surface area contributed by atoms with Crippen molar-refractivity contribution in [2.75, 3.05) is 6.54 Å². The smallest absolute Gasteiger partial charge is 0.407 e. The van der Waals surface area contributed by atoms with Crippen LogP contribution in [-0.4, -0.2) is 26.6 Å². The SMILES string of the molecule is CC(C)[Si](Oc1cc(CCNC(=O)OC(C)(C)C)cc(Br)c1OCc1ccccc1)(C(C)C)C(C)C. The number of carbonyl (C=O) groups excluding carboxylic acids is 1. The Labute approximate surface area is 227 Å². The van der Waals surface area contributed by atoms with Crippen LogP contribution in [0.3, 0.4) is 0 Å². The zero-order valence-electron chi connectivity index (χ0n) is 23.4. The Morgan fingerprint density at radius 1 is 0.944 bits per heavy atom. The van der Waals surface area contributed by atoms with Crippen molar-refractivity contribution in [3.63, 3.8) is 0 Å². The number of hydrogen-bond acceptors (Lipinski definition) is 4. The van der Waals surface area contributed by atoms with Gasteiger partial charge in [0.2, 0.25) is 0 Å². The summed E-state index contributed by atoms with van der Waals surface area (Å²) in [7, 11) is -2.22. The van der Waals surface area contributed by atoms with E-state index in [9.17, 15) is 4.79 Å². The van der Waals surface area contributed by atoms with E-state index in [-0.39, 0.29) is 0 Å². The van der Waals surface area contributed by atoms with Gasteiger partial charge in [0.05, 0.1) is 4.47 Å². The highest BCUT2D eigenvalue weighted by Crippen LogP contribution is 2.47. The molecule has 2 aromatic carbocycles. The van der Waals surface area contributed by atoms with Gasteiger partial charge in [-0.2, -0.15) is 0 Å². The maximum Gasteiger partial charge on any atom is 0.407 e. The van der Waals surface area contributed by atoms with Gasteiger partial charge >= 0.3 is 6.09 Å². The molecule has 0 bridgehead atoms. The Kier molecular flexibility index (Phi) is 10.9. The molecular formula is C29H44BrNO4Si. The van der Waals surface area contributed by atoms with E-state index in [0.29, 0.717) is 36.2 Å². The standard InChI is InChI=1S/C29H44BrNO4Si/c1-20(2)36(21(3)4,22(5)6)35-26-18-24(15-16-31-28(32)34-29(7,8)9)17-25(30)27(26)33-19-23-13-11-10-12-14-23/h10-14,17-18,20-22H,15-16,19H2,1-9H3,(H,31,32). The van der Waals surface area contributed by atoms with Gasteiger partial charge < -0.3 is 19.2 Å². The van der Waals surface area contributed by atoms with E-state index in [1.165, 1.54) is 0 Å². The lowest BCUT2D eigenvalue weighted by Gasteiger charge is -2.42. The summed E-state index contributed by atoms with van der Waals surface area (Å²) in [6.45, 7) is 20.2. The van der Waals surface area contributed by atoms with E-state index in [2.05, 4.69) is 81.0 Å². The van der Waals surface area contributed by atoms with Crippen molar-refractivity contribution in [1.82, 2.24) is 5.32 Å². The zero-order chi connectivity index (χ0) is 27.1. The summed E-state index contributed by atoms with van der Waals surface area (Å²) in [4.78, 5) is 12.1. The molecule has 2 aromatic rings. The van der Waals surface area contributed by atoms with Crippen LogP contribution >= 0.6 is 15.9 Å². The van der Waals surface area contributed by atoms with Gasteiger partial charge in [-0.05, 0) is 83.0 Å². The van der Waals surface area contributed by atoms with E-state index in [4.69, 9.17) is 13.9 Å². The Hall–Kier alpha value is -1.99. The van der Waals surface area contributed by atoms with E-state index >= 15 is 0 Å². The van der Waals surface area contributed by atoms with Crippen LogP contribution in [0.25, 0.3) is 0 Å². The third-order valence-corrected chi connectivity index (χ3v) is 12.9. The third-order valence-electron chi connectivity index (χ3n) is 6.37. The van der Waals surface area contributed by atoms with Crippen molar-refractivity contribution >= 4 is 30.3 Å². The molecule has 1 amide bonds. The lowest BCUT2D eigenvalue weighted by molar-refractivity contribution is 0.0528. The average molecular weight is 579 g/mol. The fourth-order valence-electron chi connectivity index (χ4n) is 4.88. The van der Waals surface area contributed by atoms with E-state index in [0.717, 1.165) is 27.1 Å². The molecule has 0 fully saturated rings. The second-order valence-corrected chi connectivity index (χ2v) is 17.5. The molecule has 5 nitrogen and oxygen atoms in total. The lowest BCUT2D eigenvalue weighted by Crippen LogP contribution is -2.50. The van der Waals surface area contributed by atoms with Crippen LogP contribution in [0.2, 0.25) is 16.6 Å². The van der Waals surface area contributed by atoms with Crippen molar-refractivity contribution in [2.45, 2.75) is 97.6 Å². The molecule has 0 saturated heterocycles. The molecular weight excluding hydrogens is 534 g/mol. The monoisotopic (exact) mass is 577 g/mol. The van der Waals surface area contributed by atoms with Crippen LogP contribution in [0, 0.1) is 0 Å². The second kappa shape index (κ2) is 13.0. The molecule has 0 aromatic heterocycles. The molecule has 200 valence electrons. The number of carbonyl (C=O) groups is 1. The third kappa shape index (κ3) is 8.27. The Morgan fingerprint density at radius 2 is 1.53 bits per heavy atom. The van der Waals surface area contributed by atoms with Crippen LogP contribution in [-0.2, 0) is 17.8 Å². The highest BCUT2D eigenvalue weighted by Gasteiger charge is 2.47. The molecule has 1 N–H and O–H groups in total. The second-order valence-electron chi connectivity index (χ2n) is 11.3. The van der Waals surface area contributed by atoms with Gasteiger partial charge in [0.1, 0.15) is 18.0 Å². The van der Waals surface area contributed by atoms with E-state index in [1.54, 1.807) is 0 Å². The van der Waals surface area contributed by atoms with Crippen molar-refractivity contribution in [1.29, 1.82) is 0 Å². The van der Waals surface area contributed by atoms with Crippen molar-refractivity contribution in [3.8, 4) is 11.5 Å². The first-order chi connectivity index (χ1) is 16.8. The van der Waals surface area contributed by atoms with E-state index in [1.807, 2.05) is 45.0 Å². The van der Waals surface area contributed by atoms with E-state index < -0.39 is 20.0 Å². The van der Waals surface area contributed by atoms with Gasteiger partial charge in [-0.15, -0.1) is 0 Å². The molecule has 0 radical (unpaired) electrons. The number of amides is 1. The van der Waals surface area contributed by atoms with Gasteiger partial charge in [-0.25, -0.2) is 4.79 Å². The maximum atomic E-state index is 12.1. The van der Waals surface area contributed by atoms with Gasteiger partial charge in [-0.3, -0.25) is 0 Å². The van der Waals surface area contributed by atoms with Gasteiger partial charge in [0, 0.05) is 6.54 Å². The molecule has 36 heavy (non-hydrogen) atoms. The molecule has 0 aliphatic carbocycles. The molecule has 0 spiro atoms. The topological polar surface area (TPSA) is 56.8 Å². The molecule has 0 unspecified atom stereocenters. The fourth-order valence-corrected chi connectivity index (χ4v) is 10.7. The molecule has 0 saturated carbocycles. The summed E-state index contributed by atoms with van der Waals surface area (Å²) in [5, 5.41) is 2.85. The first-order valence-electron chi connectivity index (χ1n) is 12.9. The maximum absolute atomic E-state index is 12.1. The lowest BCUT2D eigenvalue weighted by atomic mass is 10.1. The minimum absolute atomic E-state index is 0.410. The first-order valence-corrected chi connectivity index (χ1v) is 15.8. The first kappa shape index (κ1) is 30.2. The van der Waals surface area contributed by atoms with Crippen molar-refractivity contribution in [3.05, 3.63) is 58.1 Å². The van der Waals surface area contributed by atoms with Crippen LogP contribution < -0.4 is 14.5 Å². The number of benzene rings is 2. The van der Waals surface area contributed by atoms with Crippen molar-refractivity contribution in [2.24, 2.45) is 0 Å². The minimum atomic E-state index is -2.22. The normalized spacial score (nSPS) is 12.2. The van der Waals surface area contributed by atoms with Gasteiger partial charge in [-0.1, -0.05) is 71.9 Å².